The summed E-state index contributed by atoms with van der Waals surface area (Å²) < 4.78 is 0. The Balaban J connectivity index is 1.96. The van der Waals surface area contributed by atoms with Crippen molar-refractivity contribution in [1.82, 2.24) is 0 Å². The topological polar surface area (TPSA) is 52.6 Å². The maximum Gasteiger partial charge on any atom is 0.258 e. The first-order valence-electron chi connectivity index (χ1n) is 8.56. The molecule has 0 bridgehead atoms. The van der Waals surface area contributed by atoms with Gasteiger partial charge in [0.25, 0.3) is 5.91 Å². The van der Waals surface area contributed by atoms with Gasteiger partial charge in [0.2, 0.25) is 5.91 Å². The van der Waals surface area contributed by atoms with Gasteiger partial charge in [0.05, 0.1) is 11.4 Å². The Bertz CT molecular complexity index is 803. The minimum Gasteiger partial charge on any atom is -0.366 e. The lowest BCUT2D eigenvalue weighted by atomic mass is 10.1. The largest absolute Gasteiger partial charge is 0.366 e. The van der Waals surface area contributed by atoms with Crippen LogP contribution >= 0.6 is 0 Å². The lowest BCUT2D eigenvalue weighted by molar-refractivity contribution is -0.114. The number of fused-ring (bicyclic) bond motifs is 1. The molecular weight excluding hydrogens is 314 g/mol. The lowest BCUT2D eigenvalue weighted by Gasteiger charge is -2.42. The molecule has 1 unspecified atom stereocenters. The van der Waals surface area contributed by atoms with Crippen LogP contribution in [0.1, 0.15) is 31.1 Å². The second kappa shape index (κ2) is 6.97. The van der Waals surface area contributed by atoms with E-state index in [0.717, 1.165) is 17.9 Å². The Hall–Kier alpha value is -2.82. The van der Waals surface area contributed by atoms with Crippen molar-refractivity contribution in [3.05, 3.63) is 54.1 Å². The van der Waals surface area contributed by atoms with Crippen molar-refractivity contribution in [1.29, 1.82) is 0 Å². The van der Waals surface area contributed by atoms with Crippen LogP contribution < -0.4 is 15.1 Å². The minimum atomic E-state index is -0.153. The van der Waals surface area contributed by atoms with Crippen molar-refractivity contribution in [2.75, 3.05) is 28.2 Å². The number of nitrogens with zero attached hydrogens (tertiary/aromatic N) is 2. The summed E-state index contributed by atoms with van der Waals surface area (Å²) in [5.74, 6) is -0.206. The number of benzene rings is 2. The maximum atomic E-state index is 13.1. The van der Waals surface area contributed by atoms with E-state index in [2.05, 4.69) is 30.1 Å². The van der Waals surface area contributed by atoms with Crippen LogP contribution in [0.3, 0.4) is 0 Å². The van der Waals surface area contributed by atoms with Crippen LogP contribution in [0.25, 0.3) is 0 Å². The van der Waals surface area contributed by atoms with E-state index in [1.165, 1.54) is 6.92 Å². The standard InChI is InChI=1S/C20H23N3O2/c1-4-22-14(2)13-23(19-11-6-5-10-18(19)22)20(25)16-8-7-9-17(12-16)21-15(3)24/h5-12,14H,4,13H2,1-3H3,(H,21,24). The number of nitrogens with one attached hydrogen (secondary N) is 1. The summed E-state index contributed by atoms with van der Waals surface area (Å²) in [6, 6.07) is 15.3. The zero-order valence-electron chi connectivity index (χ0n) is 14.8. The van der Waals surface area contributed by atoms with Gasteiger partial charge in [-0.05, 0) is 44.2 Å². The number of carbonyl (C=O) groups is 2. The summed E-state index contributed by atoms with van der Waals surface area (Å²) >= 11 is 0. The highest BCUT2D eigenvalue weighted by molar-refractivity contribution is 6.09. The molecule has 25 heavy (non-hydrogen) atoms. The third kappa shape index (κ3) is 3.36. The summed E-state index contributed by atoms with van der Waals surface area (Å²) in [6.07, 6.45) is 0. The number of hydrogen-bond donors (Lipinski definition) is 1. The fourth-order valence-electron chi connectivity index (χ4n) is 3.40. The third-order valence-electron chi connectivity index (χ3n) is 4.48. The number of hydrogen-bond acceptors (Lipinski definition) is 3. The monoisotopic (exact) mass is 337 g/mol. The molecule has 5 heteroatoms. The number of amides is 2. The fraction of sp³-hybridized carbons (Fsp3) is 0.300. The molecule has 2 amide bonds. The predicted molar refractivity (Wildman–Crippen MR) is 101 cm³/mol. The Morgan fingerprint density at radius 2 is 1.84 bits per heavy atom. The van der Waals surface area contributed by atoms with Gasteiger partial charge in [-0.15, -0.1) is 0 Å². The van der Waals surface area contributed by atoms with E-state index in [1.807, 2.05) is 23.1 Å². The first kappa shape index (κ1) is 17.0. The SMILES string of the molecule is CCN1c2ccccc2N(C(=O)c2cccc(NC(C)=O)c2)CC1C. The molecule has 0 saturated heterocycles. The van der Waals surface area contributed by atoms with Crippen molar-refractivity contribution in [2.45, 2.75) is 26.8 Å². The van der Waals surface area contributed by atoms with Crippen LogP contribution in [0.4, 0.5) is 17.1 Å². The van der Waals surface area contributed by atoms with Crippen LogP contribution in [-0.2, 0) is 4.79 Å². The second-order valence-electron chi connectivity index (χ2n) is 6.30. The summed E-state index contributed by atoms with van der Waals surface area (Å²) in [7, 11) is 0. The van der Waals surface area contributed by atoms with Crippen LogP contribution in [0.15, 0.2) is 48.5 Å². The quantitative estimate of drug-likeness (QED) is 0.932. The molecule has 0 aliphatic carbocycles. The molecule has 0 spiro atoms. The van der Waals surface area contributed by atoms with E-state index in [9.17, 15) is 9.59 Å². The average Bonchev–Trinajstić information content (AvgIpc) is 2.60. The molecule has 0 fully saturated rings. The summed E-state index contributed by atoms with van der Waals surface area (Å²) in [5.41, 5.74) is 3.21. The highest BCUT2D eigenvalue weighted by Gasteiger charge is 2.30. The Labute approximate surface area is 148 Å². The lowest BCUT2D eigenvalue weighted by Crippen LogP contribution is -2.49. The zero-order chi connectivity index (χ0) is 18.0. The number of rotatable bonds is 3. The van der Waals surface area contributed by atoms with E-state index in [0.29, 0.717) is 17.8 Å². The number of likely N-dealkylation sites (N-methyl/N-ethyl adjacent to an activating group) is 1. The van der Waals surface area contributed by atoms with Gasteiger partial charge >= 0.3 is 0 Å². The molecule has 130 valence electrons. The molecular formula is C20H23N3O2. The third-order valence-corrected chi connectivity index (χ3v) is 4.48. The van der Waals surface area contributed by atoms with Crippen molar-refractivity contribution in [3.8, 4) is 0 Å². The highest BCUT2D eigenvalue weighted by Crippen LogP contribution is 2.36. The normalized spacial score (nSPS) is 16.4. The molecule has 0 saturated carbocycles. The van der Waals surface area contributed by atoms with E-state index in [1.54, 1.807) is 24.3 Å². The molecule has 5 nitrogen and oxygen atoms in total. The van der Waals surface area contributed by atoms with Gasteiger partial charge in [-0.25, -0.2) is 0 Å². The molecule has 1 N–H and O–H groups in total. The molecule has 3 rings (SSSR count). The van der Waals surface area contributed by atoms with Crippen LogP contribution in [0.2, 0.25) is 0 Å². The number of carbonyl (C=O) groups excluding carboxylic acids is 2. The second-order valence-corrected chi connectivity index (χ2v) is 6.30. The first-order chi connectivity index (χ1) is 12.0. The maximum absolute atomic E-state index is 13.1. The molecule has 1 heterocycles. The summed E-state index contributed by atoms with van der Waals surface area (Å²) in [4.78, 5) is 28.5. The Kier molecular flexibility index (Phi) is 4.74. The molecule has 1 aliphatic heterocycles. The smallest absolute Gasteiger partial charge is 0.258 e. The molecule has 2 aromatic rings. The average molecular weight is 337 g/mol. The highest BCUT2D eigenvalue weighted by atomic mass is 16.2. The molecule has 0 radical (unpaired) electrons. The van der Waals surface area contributed by atoms with Crippen LogP contribution in [0, 0.1) is 0 Å². The molecule has 1 atom stereocenters. The van der Waals surface area contributed by atoms with Crippen LogP contribution in [-0.4, -0.2) is 30.9 Å². The first-order valence-corrected chi connectivity index (χ1v) is 8.56. The number of para-hydroxylation sites is 2. The van der Waals surface area contributed by atoms with Crippen LogP contribution in [0.5, 0.6) is 0 Å². The molecule has 2 aromatic carbocycles. The van der Waals surface area contributed by atoms with Crippen molar-refractivity contribution < 1.29 is 9.59 Å². The number of anilines is 3. The molecule has 0 aromatic heterocycles. The van der Waals surface area contributed by atoms with Crippen molar-refractivity contribution in [3.63, 3.8) is 0 Å². The Morgan fingerprint density at radius 3 is 2.52 bits per heavy atom. The zero-order valence-corrected chi connectivity index (χ0v) is 14.8. The van der Waals surface area contributed by atoms with Gasteiger partial charge in [0.1, 0.15) is 0 Å². The van der Waals surface area contributed by atoms with Gasteiger partial charge in [-0.1, -0.05) is 18.2 Å². The Morgan fingerprint density at radius 1 is 1.12 bits per heavy atom. The molecule has 1 aliphatic rings. The van der Waals surface area contributed by atoms with Crippen molar-refractivity contribution >= 4 is 28.9 Å². The minimum absolute atomic E-state index is 0.0535. The fourth-order valence-corrected chi connectivity index (χ4v) is 3.40. The van der Waals surface area contributed by atoms with Gasteiger partial charge in [-0.2, -0.15) is 0 Å². The summed E-state index contributed by atoms with van der Waals surface area (Å²) in [6.45, 7) is 7.25. The van der Waals surface area contributed by atoms with Gasteiger partial charge in [0.15, 0.2) is 0 Å². The van der Waals surface area contributed by atoms with Gasteiger partial charge in [-0.3, -0.25) is 9.59 Å². The van der Waals surface area contributed by atoms with Crippen molar-refractivity contribution in [2.24, 2.45) is 0 Å². The van der Waals surface area contributed by atoms with Gasteiger partial charge in [0, 0.05) is 37.3 Å². The van der Waals surface area contributed by atoms with E-state index in [-0.39, 0.29) is 17.9 Å². The van der Waals surface area contributed by atoms with E-state index < -0.39 is 0 Å². The van der Waals surface area contributed by atoms with E-state index >= 15 is 0 Å². The summed E-state index contributed by atoms with van der Waals surface area (Å²) in [5, 5.41) is 2.73. The predicted octanol–water partition coefficient (Wildman–Crippen LogP) is 3.52. The van der Waals surface area contributed by atoms with E-state index in [4.69, 9.17) is 0 Å². The van der Waals surface area contributed by atoms with Gasteiger partial charge < -0.3 is 15.1 Å².